The zero-order valence-corrected chi connectivity index (χ0v) is 11.8. The van der Waals surface area contributed by atoms with Gasteiger partial charge in [0.15, 0.2) is 0 Å². The van der Waals surface area contributed by atoms with Gasteiger partial charge in [-0.2, -0.15) is 0 Å². The molecular formula is C8H2Cl3CrNO5. The zero-order chi connectivity index (χ0) is 15.9. The number of hydrogen-bond donors (Lipinski definition) is 0. The quantitative estimate of drug-likeness (QED) is 0.299. The molecule has 0 heterocycles. The van der Waals surface area contributed by atoms with Crippen molar-refractivity contribution >= 4 is 34.8 Å². The molecule has 0 fully saturated rings. The molecule has 10 heteroatoms. The Morgan fingerprint density at radius 1 is 0.778 bits per heavy atom. The molecule has 0 aromatic rings. The number of halogens is 3. The summed E-state index contributed by atoms with van der Waals surface area (Å²) in [5, 5.41) is 0. The summed E-state index contributed by atoms with van der Waals surface area (Å²) in [5.74, 6) is -0.0559. The molecule has 0 aliphatic carbocycles. The average molecular weight is 350 g/mol. The first kappa shape index (κ1) is 43.2. The van der Waals surface area contributed by atoms with Crippen LogP contribution in [0.1, 0.15) is 0 Å². The number of hydrogen-bond acceptors (Lipinski definition) is 0. The van der Waals surface area contributed by atoms with Gasteiger partial charge in [0.1, 0.15) is 5.88 Å². The molecule has 96 valence electrons. The van der Waals surface area contributed by atoms with E-state index in [0.29, 0.717) is 0 Å². The van der Waals surface area contributed by atoms with E-state index in [1.807, 2.05) is 0 Å². The summed E-state index contributed by atoms with van der Waals surface area (Å²) in [6, 6.07) is 0. The molecule has 6 nitrogen and oxygen atoms in total. The monoisotopic (exact) mass is 349 g/mol. The molecule has 0 aliphatic heterocycles. The molecule has 0 N–H and O–H groups in total. The van der Waals surface area contributed by atoms with E-state index in [2.05, 4.69) is 38.1 Å². The smallest absolute Gasteiger partial charge is 0 e. The van der Waals surface area contributed by atoms with Gasteiger partial charge < -0.3 is 0 Å². The fourth-order valence-electron chi connectivity index (χ4n) is 0.0299. The topological polar surface area (TPSA) is 104 Å². The molecular weight excluding hydrogens is 348 g/mol. The van der Waals surface area contributed by atoms with Crippen molar-refractivity contribution < 1.29 is 40.6 Å². The van der Waals surface area contributed by atoms with E-state index in [1.165, 1.54) is 0 Å². The SMILES string of the molecule is [C-]#[N+]C(Cl)(Cl)CCl.[C-]#[O+].[C-]#[O+].[C-]#[O+].[C-]#[O+].[C-]#[O+].[Cr]. The maximum Gasteiger partial charge on any atom is 0 e. The minimum absolute atomic E-state index is 0. The first-order valence-electron chi connectivity index (χ1n) is 2.47. The van der Waals surface area contributed by atoms with Crippen LogP contribution in [0.25, 0.3) is 4.85 Å². The molecule has 0 saturated carbocycles. The predicted molar refractivity (Wildman–Crippen MR) is 51.4 cm³/mol. The van der Waals surface area contributed by atoms with Crippen LogP contribution in [-0.4, -0.2) is 10.3 Å². The Balaban J connectivity index is -0.0000000189. The van der Waals surface area contributed by atoms with Gasteiger partial charge in [0.05, 0.1) is 0 Å². The zero-order valence-electron chi connectivity index (χ0n) is 8.24. The van der Waals surface area contributed by atoms with Gasteiger partial charge in [0.25, 0.3) is 0 Å². The van der Waals surface area contributed by atoms with E-state index in [1.54, 1.807) is 0 Å². The normalized spacial score (nSPS) is 4.67. The summed E-state index contributed by atoms with van der Waals surface area (Å²) in [7, 11) is 0. The molecule has 0 rings (SSSR count). The molecule has 0 aliphatic rings. The van der Waals surface area contributed by atoms with Gasteiger partial charge in [0.2, 0.25) is 0 Å². The summed E-state index contributed by atoms with van der Waals surface area (Å²) >= 11 is 15.5. The van der Waals surface area contributed by atoms with E-state index in [0.717, 1.165) is 0 Å². The first-order chi connectivity index (χ1) is 8.12. The number of nitrogens with zero attached hydrogens (tertiary/aromatic N) is 1. The van der Waals surface area contributed by atoms with Crippen LogP contribution < -0.4 is 0 Å². The molecule has 0 atom stereocenters. The van der Waals surface area contributed by atoms with Gasteiger partial charge in [-0.3, -0.25) is 4.85 Å². The van der Waals surface area contributed by atoms with E-state index in [9.17, 15) is 0 Å². The minimum atomic E-state index is -1.42. The molecule has 0 unspecified atom stereocenters. The molecule has 0 aromatic carbocycles. The van der Waals surface area contributed by atoms with Gasteiger partial charge in [-0.1, -0.05) is 0 Å². The molecule has 0 spiro atoms. The van der Waals surface area contributed by atoms with Gasteiger partial charge >= 0.3 is 61.0 Å². The Hall–Kier alpha value is -0.408. The summed E-state index contributed by atoms with van der Waals surface area (Å²) in [4.78, 5) is 2.79. The Kier molecular flexibility index (Phi) is 168. The van der Waals surface area contributed by atoms with Crippen molar-refractivity contribution in [2.24, 2.45) is 0 Å². The van der Waals surface area contributed by atoms with E-state index in [-0.39, 0.29) is 23.2 Å². The predicted octanol–water partition coefficient (Wildman–Crippen LogP) is 2.09. The van der Waals surface area contributed by atoms with Crippen molar-refractivity contribution in [2.45, 2.75) is 4.46 Å². The van der Waals surface area contributed by atoms with Gasteiger partial charge in [0, 0.05) is 17.4 Å². The minimum Gasteiger partial charge on any atom is 0 e. The largest absolute Gasteiger partial charge is 0 e. The summed E-state index contributed by atoms with van der Waals surface area (Å²) in [5.41, 5.74) is 0. The Labute approximate surface area is 130 Å². The van der Waals surface area contributed by atoms with Crippen molar-refractivity contribution in [2.75, 3.05) is 5.88 Å². The van der Waals surface area contributed by atoms with Crippen molar-refractivity contribution in [1.29, 1.82) is 0 Å². The van der Waals surface area contributed by atoms with Crippen LogP contribution >= 0.6 is 34.8 Å². The summed E-state index contributed by atoms with van der Waals surface area (Å²) < 4.78 is 36.1. The van der Waals surface area contributed by atoms with E-state index in [4.69, 9.17) is 64.6 Å². The molecule has 0 radical (unpaired) electrons. The second-order valence-electron chi connectivity index (χ2n) is 0.911. The van der Waals surface area contributed by atoms with Crippen molar-refractivity contribution in [1.82, 2.24) is 0 Å². The Bertz CT molecular complexity index is 232. The first-order valence-corrected chi connectivity index (χ1v) is 3.76. The molecule has 0 saturated heterocycles. The third-order valence-electron chi connectivity index (χ3n) is 0.324. The summed E-state index contributed by atoms with van der Waals surface area (Å²) in [6.07, 6.45) is 0. The number of alkyl halides is 3. The fraction of sp³-hybridized carbons (Fsp3) is 0.250. The van der Waals surface area contributed by atoms with Gasteiger partial charge in [-0.05, 0) is 23.2 Å². The van der Waals surface area contributed by atoms with Crippen LogP contribution in [0.4, 0.5) is 0 Å². The van der Waals surface area contributed by atoms with Crippen LogP contribution in [0.2, 0.25) is 0 Å². The van der Waals surface area contributed by atoms with E-state index < -0.39 is 4.46 Å². The van der Waals surface area contributed by atoms with Crippen molar-refractivity contribution in [3.05, 3.63) is 44.7 Å². The van der Waals surface area contributed by atoms with Crippen LogP contribution in [0.15, 0.2) is 0 Å². The van der Waals surface area contributed by atoms with Gasteiger partial charge in [-0.15, -0.1) is 11.6 Å². The van der Waals surface area contributed by atoms with Crippen LogP contribution in [0.3, 0.4) is 0 Å². The maximum absolute atomic E-state index is 7.50. The molecule has 0 amide bonds. The van der Waals surface area contributed by atoms with E-state index >= 15 is 0 Å². The van der Waals surface area contributed by atoms with Crippen LogP contribution in [0, 0.1) is 39.8 Å². The average Bonchev–Trinajstić information content (AvgIpc) is 2.49. The molecule has 0 aromatic heterocycles. The Morgan fingerprint density at radius 2 is 0.944 bits per heavy atom. The van der Waals surface area contributed by atoms with Crippen molar-refractivity contribution in [3.63, 3.8) is 0 Å². The second-order valence-corrected chi connectivity index (χ2v) is 2.62. The van der Waals surface area contributed by atoms with Crippen molar-refractivity contribution in [3.8, 4) is 0 Å². The van der Waals surface area contributed by atoms with Crippen LogP contribution in [-0.2, 0) is 40.6 Å². The van der Waals surface area contributed by atoms with Crippen LogP contribution in [0.5, 0.6) is 0 Å². The Morgan fingerprint density at radius 3 is 0.944 bits per heavy atom. The third kappa shape index (κ3) is 106. The summed E-state index contributed by atoms with van der Waals surface area (Å²) in [6.45, 7) is 28.8. The standard InChI is InChI=1S/C3H2Cl3N.5CO.Cr/c1-7-3(5,6)2-4;5*1-2;/h2H2;;;;;;. The van der Waals surface area contributed by atoms with Gasteiger partial charge in [-0.25, -0.2) is 6.57 Å². The maximum atomic E-state index is 7.50. The number of rotatable bonds is 1. The second kappa shape index (κ2) is 70.0. The third-order valence-corrected chi connectivity index (χ3v) is 1.42. The molecule has 18 heavy (non-hydrogen) atoms. The fourth-order valence-corrected chi connectivity index (χ4v) is 0.0896. The molecule has 0 bridgehead atoms.